The molecule has 0 fully saturated rings. The highest BCUT2D eigenvalue weighted by molar-refractivity contribution is 5.82. The molecule has 0 saturated heterocycles. The second-order valence-corrected chi connectivity index (χ2v) is 2.61. The van der Waals surface area contributed by atoms with E-state index in [-0.39, 0.29) is 5.82 Å². The van der Waals surface area contributed by atoms with Gasteiger partial charge in [0, 0.05) is 5.39 Å². The molecule has 0 N–H and O–H groups in total. The lowest BCUT2D eigenvalue weighted by Gasteiger charge is -1.97. The Morgan fingerprint density at radius 2 is 1.75 bits per heavy atom. The molecular weight excluding hydrogens is 158 g/mol. The Morgan fingerprint density at radius 1 is 0.917 bits per heavy atom. The Kier molecular flexibility index (Phi) is 1.54. The average molecular weight is 164 g/mol. The van der Waals surface area contributed by atoms with Crippen LogP contribution in [0.3, 0.4) is 0 Å². The van der Waals surface area contributed by atoms with Crippen LogP contribution in [-0.4, -0.2) is 0 Å². The predicted octanol–water partition coefficient (Wildman–Crippen LogP) is 3.12. The van der Waals surface area contributed by atoms with Crippen LogP contribution >= 0.6 is 0 Å². The topological polar surface area (TPSA) is 0 Å². The van der Waals surface area contributed by atoms with Crippen molar-refractivity contribution in [1.82, 2.24) is 0 Å². The highest BCUT2D eigenvalue weighted by atomic mass is 19.1. The van der Waals surface area contributed by atoms with Gasteiger partial charge >= 0.3 is 0 Å². The van der Waals surface area contributed by atoms with Gasteiger partial charge in [-0.05, 0) is 23.6 Å². The molecule has 12 heavy (non-hydrogen) atoms. The fourth-order valence-corrected chi connectivity index (χ4v) is 1.21. The zero-order valence-electron chi connectivity index (χ0n) is 6.22. The molecule has 0 radical (unpaired) electrons. The number of hydrogen-bond donors (Lipinski definition) is 0. The summed E-state index contributed by atoms with van der Waals surface area (Å²) in [6.45, 7) is 0. The van der Waals surface area contributed by atoms with Gasteiger partial charge in [-0.15, -0.1) is 0 Å². The van der Waals surface area contributed by atoms with Gasteiger partial charge in [-0.3, -0.25) is 0 Å². The van der Waals surface area contributed by atoms with Gasteiger partial charge in [0.25, 0.3) is 0 Å². The third kappa shape index (κ3) is 1.05. The van der Waals surface area contributed by atoms with Crippen molar-refractivity contribution in [3.63, 3.8) is 0 Å². The molecule has 2 aromatic carbocycles. The van der Waals surface area contributed by atoms with Crippen molar-refractivity contribution in [2.24, 2.45) is 0 Å². The summed E-state index contributed by atoms with van der Waals surface area (Å²) in [6, 6.07) is 8.76. The van der Waals surface area contributed by atoms with Crippen molar-refractivity contribution in [2.45, 2.75) is 0 Å². The van der Waals surface area contributed by atoms with Crippen LogP contribution in [0.2, 0.25) is 0 Å². The van der Waals surface area contributed by atoms with Crippen LogP contribution in [0.25, 0.3) is 10.8 Å². The molecule has 0 aliphatic heterocycles. The van der Waals surface area contributed by atoms with Crippen molar-refractivity contribution >= 4 is 10.8 Å². The monoisotopic (exact) mass is 164 g/mol. The second kappa shape index (κ2) is 2.55. The molecule has 0 spiro atoms. The van der Waals surface area contributed by atoms with Gasteiger partial charge in [0.1, 0.15) is 11.6 Å². The van der Waals surface area contributed by atoms with Gasteiger partial charge in [-0.2, -0.15) is 0 Å². The van der Waals surface area contributed by atoms with Crippen molar-refractivity contribution in [2.75, 3.05) is 0 Å². The van der Waals surface area contributed by atoms with E-state index in [0.29, 0.717) is 5.39 Å². The third-order valence-corrected chi connectivity index (χ3v) is 1.79. The molecule has 2 heteroatoms. The van der Waals surface area contributed by atoms with E-state index in [1.165, 1.54) is 18.2 Å². The highest BCUT2D eigenvalue weighted by Crippen LogP contribution is 2.18. The third-order valence-electron chi connectivity index (χ3n) is 1.79. The minimum atomic E-state index is -0.410. The number of fused-ring (bicyclic) bond motifs is 1. The zero-order valence-corrected chi connectivity index (χ0v) is 6.22. The van der Waals surface area contributed by atoms with E-state index in [4.69, 9.17) is 0 Å². The first kappa shape index (κ1) is 7.22. The summed E-state index contributed by atoms with van der Waals surface area (Å²) in [5.74, 6) is -0.792. The van der Waals surface area contributed by atoms with E-state index in [0.717, 1.165) is 5.39 Å². The normalized spacial score (nSPS) is 10.5. The molecular formula is C10H6F2. The molecule has 0 atom stereocenters. The summed E-state index contributed by atoms with van der Waals surface area (Å²) in [4.78, 5) is 0. The van der Waals surface area contributed by atoms with Gasteiger partial charge in [-0.25, -0.2) is 8.78 Å². The molecule has 0 heterocycles. The van der Waals surface area contributed by atoms with E-state index in [9.17, 15) is 8.78 Å². The maximum absolute atomic E-state index is 13.0. The zero-order chi connectivity index (χ0) is 8.55. The predicted molar refractivity (Wildman–Crippen MR) is 43.9 cm³/mol. The van der Waals surface area contributed by atoms with Crippen LogP contribution in [0, 0.1) is 11.6 Å². The fraction of sp³-hybridized carbons (Fsp3) is 0. The van der Waals surface area contributed by atoms with Crippen molar-refractivity contribution in [1.29, 1.82) is 0 Å². The molecule has 2 aromatic rings. The quantitative estimate of drug-likeness (QED) is 0.561. The first-order valence-corrected chi connectivity index (χ1v) is 3.61. The Labute approximate surface area is 68.4 Å². The van der Waals surface area contributed by atoms with Gasteiger partial charge in [0.15, 0.2) is 0 Å². The van der Waals surface area contributed by atoms with E-state index in [1.807, 2.05) is 0 Å². The average Bonchev–Trinajstić information content (AvgIpc) is 2.07. The maximum Gasteiger partial charge on any atom is 0.131 e. The first-order chi connectivity index (χ1) is 5.77. The Morgan fingerprint density at radius 3 is 2.58 bits per heavy atom. The number of hydrogen-bond acceptors (Lipinski definition) is 0. The summed E-state index contributed by atoms with van der Waals surface area (Å²) in [5, 5.41) is 1.05. The number of benzene rings is 2. The number of halogens is 2. The molecule has 0 saturated carbocycles. The smallest absolute Gasteiger partial charge is 0.131 e. The molecule has 0 unspecified atom stereocenters. The van der Waals surface area contributed by atoms with Crippen LogP contribution in [0.4, 0.5) is 8.78 Å². The molecule has 0 aliphatic carbocycles. The van der Waals surface area contributed by atoms with Crippen molar-refractivity contribution in [3.05, 3.63) is 48.0 Å². The van der Waals surface area contributed by atoms with Crippen LogP contribution < -0.4 is 0 Å². The summed E-state index contributed by atoms with van der Waals surface area (Å²) in [7, 11) is 0. The molecule has 60 valence electrons. The summed E-state index contributed by atoms with van der Waals surface area (Å²) < 4.78 is 25.6. The summed E-state index contributed by atoms with van der Waals surface area (Å²) in [6.07, 6.45) is 0. The molecule has 0 amide bonds. The molecule has 0 nitrogen and oxygen atoms in total. The van der Waals surface area contributed by atoms with Crippen LogP contribution in [-0.2, 0) is 0 Å². The van der Waals surface area contributed by atoms with Crippen LogP contribution in [0.15, 0.2) is 36.4 Å². The van der Waals surface area contributed by atoms with E-state index < -0.39 is 5.82 Å². The van der Waals surface area contributed by atoms with Gasteiger partial charge in [-0.1, -0.05) is 18.2 Å². The molecule has 0 aliphatic rings. The Hall–Kier alpha value is -1.44. The first-order valence-electron chi connectivity index (χ1n) is 3.61. The summed E-state index contributed by atoms with van der Waals surface area (Å²) >= 11 is 0. The Balaban J connectivity index is 2.88. The van der Waals surface area contributed by atoms with Gasteiger partial charge < -0.3 is 0 Å². The molecule has 0 bridgehead atoms. The summed E-state index contributed by atoms with van der Waals surface area (Å²) in [5.41, 5.74) is 0. The lowest BCUT2D eigenvalue weighted by molar-refractivity contribution is 0.621. The number of rotatable bonds is 0. The fourth-order valence-electron chi connectivity index (χ4n) is 1.21. The SMILES string of the molecule is Fc1ccc2cccc(F)c2c1. The minimum absolute atomic E-state index is 0.331. The maximum atomic E-state index is 13.0. The lowest BCUT2D eigenvalue weighted by Crippen LogP contribution is -1.80. The molecule has 2 rings (SSSR count). The standard InChI is InChI=1S/C10H6F2/c11-8-5-4-7-2-1-3-10(12)9(7)6-8/h1-6H. The highest BCUT2D eigenvalue weighted by Gasteiger charge is 1.99. The van der Waals surface area contributed by atoms with E-state index in [1.54, 1.807) is 18.2 Å². The van der Waals surface area contributed by atoms with Crippen molar-refractivity contribution in [3.8, 4) is 0 Å². The van der Waals surface area contributed by atoms with Gasteiger partial charge in [0.05, 0.1) is 0 Å². The largest absolute Gasteiger partial charge is 0.207 e. The van der Waals surface area contributed by atoms with Crippen LogP contribution in [0.1, 0.15) is 0 Å². The van der Waals surface area contributed by atoms with Crippen LogP contribution in [0.5, 0.6) is 0 Å². The molecule has 0 aromatic heterocycles. The van der Waals surface area contributed by atoms with E-state index in [2.05, 4.69) is 0 Å². The van der Waals surface area contributed by atoms with E-state index >= 15 is 0 Å². The minimum Gasteiger partial charge on any atom is -0.207 e. The van der Waals surface area contributed by atoms with Crippen molar-refractivity contribution < 1.29 is 8.78 Å². The Bertz CT molecular complexity index is 421. The second-order valence-electron chi connectivity index (χ2n) is 2.61. The van der Waals surface area contributed by atoms with Gasteiger partial charge in [0.2, 0.25) is 0 Å². The lowest BCUT2D eigenvalue weighted by atomic mass is 10.1.